The Morgan fingerprint density at radius 1 is 1.33 bits per heavy atom. The molecule has 1 nitrogen and oxygen atoms in total. The zero-order chi connectivity index (χ0) is 12.6. The molecule has 1 atom stereocenters. The van der Waals surface area contributed by atoms with Crippen LogP contribution < -0.4 is 5.32 Å². The van der Waals surface area contributed by atoms with E-state index in [1.165, 1.54) is 44.9 Å². The van der Waals surface area contributed by atoms with Crippen LogP contribution in [-0.4, -0.2) is 6.04 Å². The molecule has 0 spiro atoms. The van der Waals surface area contributed by atoms with Crippen molar-refractivity contribution in [1.82, 2.24) is 5.32 Å². The molecule has 1 unspecified atom stereocenters. The molecule has 1 aromatic rings. The van der Waals surface area contributed by atoms with E-state index in [1.807, 2.05) is 11.3 Å². The highest BCUT2D eigenvalue weighted by Crippen LogP contribution is 2.35. The number of nitrogens with one attached hydrogen (secondary N) is 1. The number of rotatable bonds is 3. The van der Waals surface area contributed by atoms with Gasteiger partial charge in [-0.1, -0.05) is 20.3 Å². The third kappa shape index (κ3) is 2.80. The molecule has 18 heavy (non-hydrogen) atoms. The fraction of sp³-hybridized carbons (Fsp3) is 0.750. The van der Waals surface area contributed by atoms with Crippen LogP contribution >= 0.6 is 11.3 Å². The van der Waals surface area contributed by atoms with E-state index < -0.39 is 0 Å². The van der Waals surface area contributed by atoms with Crippen LogP contribution in [0.5, 0.6) is 0 Å². The van der Waals surface area contributed by atoms with E-state index in [2.05, 4.69) is 25.2 Å². The summed E-state index contributed by atoms with van der Waals surface area (Å²) in [6, 6.07) is 3.19. The zero-order valence-corrected chi connectivity index (χ0v) is 12.5. The summed E-state index contributed by atoms with van der Waals surface area (Å²) >= 11 is 2.05. The van der Waals surface area contributed by atoms with Gasteiger partial charge in [-0.3, -0.25) is 0 Å². The molecule has 100 valence electrons. The second kappa shape index (κ2) is 4.97. The summed E-state index contributed by atoms with van der Waals surface area (Å²) in [5, 5.41) is 3.79. The van der Waals surface area contributed by atoms with Crippen LogP contribution in [0.1, 0.15) is 61.3 Å². The van der Waals surface area contributed by atoms with Crippen molar-refractivity contribution < 1.29 is 0 Å². The van der Waals surface area contributed by atoms with E-state index in [0.717, 1.165) is 12.6 Å². The van der Waals surface area contributed by atoms with Gasteiger partial charge < -0.3 is 5.32 Å². The topological polar surface area (TPSA) is 12.0 Å². The van der Waals surface area contributed by atoms with Crippen LogP contribution in [0.3, 0.4) is 0 Å². The first-order valence-corrected chi connectivity index (χ1v) is 8.28. The molecule has 0 aromatic carbocycles. The van der Waals surface area contributed by atoms with E-state index in [1.54, 1.807) is 15.3 Å². The van der Waals surface area contributed by atoms with Crippen LogP contribution in [0.25, 0.3) is 0 Å². The lowest BCUT2D eigenvalue weighted by atomic mass is 9.75. The Hall–Kier alpha value is -0.340. The second-order valence-electron chi connectivity index (χ2n) is 6.85. The summed E-state index contributed by atoms with van der Waals surface area (Å²) in [5.74, 6) is 0. The van der Waals surface area contributed by atoms with Gasteiger partial charge in [-0.2, -0.15) is 0 Å². The van der Waals surface area contributed by atoms with Crippen LogP contribution in [0.2, 0.25) is 0 Å². The highest BCUT2D eigenvalue weighted by atomic mass is 32.1. The molecule has 1 aromatic heterocycles. The first-order valence-electron chi connectivity index (χ1n) is 7.46. The van der Waals surface area contributed by atoms with E-state index in [4.69, 9.17) is 0 Å². The van der Waals surface area contributed by atoms with Gasteiger partial charge in [-0.05, 0) is 55.6 Å². The average Bonchev–Trinajstić information content (AvgIpc) is 2.85. The molecule has 0 radical (unpaired) electrons. The summed E-state index contributed by atoms with van der Waals surface area (Å²) in [4.78, 5) is 3.22. The molecule has 1 fully saturated rings. The van der Waals surface area contributed by atoms with E-state index in [9.17, 15) is 0 Å². The normalized spacial score (nSPS) is 26.2. The zero-order valence-electron chi connectivity index (χ0n) is 11.7. The van der Waals surface area contributed by atoms with Crippen molar-refractivity contribution in [3.8, 4) is 0 Å². The first-order chi connectivity index (χ1) is 8.62. The Kier molecular flexibility index (Phi) is 3.50. The van der Waals surface area contributed by atoms with Crippen molar-refractivity contribution in [3.63, 3.8) is 0 Å². The Labute approximate surface area is 115 Å². The van der Waals surface area contributed by atoms with Gasteiger partial charge in [0.1, 0.15) is 0 Å². The quantitative estimate of drug-likeness (QED) is 0.857. The maximum absolute atomic E-state index is 3.79. The van der Waals surface area contributed by atoms with Gasteiger partial charge in [0.15, 0.2) is 0 Å². The highest BCUT2D eigenvalue weighted by molar-refractivity contribution is 7.12. The maximum Gasteiger partial charge on any atom is 0.0302 e. The lowest BCUT2D eigenvalue weighted by Crippen LogP contribution is -2.36. The molecule has 2 aliphatic rings. The molecular weight excluding hydrogens is 238 g/mol. The maximum atomic E-state index is 3.79. The summed E-state index contributed by atoms with van der Waals surface area (Å²) in [5.41, 5.74) is 2.19. The third-order valence-electron chi connectivity index (χ3n) is 4.57. The number of aryl methyl sites for hydroxylation is 2. The van der Waals surface area contributed by atoms with Crippen molar-refractivity contribution >= 4 is 11.3 Å². The Balaban J connectivity index is 1.54. The molecule has 2 heteroatoms. The summed E-state index contributed by atoms with van der Waals surface area (Å²) < 4.78 is 0. The van der Waals surface area contributed by atoms with Crippen molar-refractivity contribution in [2.45, 2.75) is 71.4 Å². The third-order valence-corrected chi connectivity index (χ3v) is 5.80. The number of hydrogen-bond donors (Lipinski definition) is 1. The van der Waals surface area contributed by atoms with Gasteiger partial charge in [0, 0.05) is 22.3 Å². The number of hydrogen-bond acceptors (Lipinski definition) is 2. The average molecular weight is 263 g/mol. The van der Waals surface area contributed by atoms with Crippen LogP contribution in [-0.2, 0) is 19.4 Å². The van der Waals surface area contributed by atoms with Crippen molar-refractivity contribution in [2.75, 3.05) is 0 Å². The SMILES string of the molecule is CC1(C)CCCC(NCc2cc3c(s2)CCC3)C1. The molecule has 1 heterocycles. The molecule has 0 bridgehead atoms. The standard InChI is InChI=1S/C16H25NS/c1-16(2)8-4-6-13(10-16)17-11-14-9-12-5-3-7-15(12)18-14/h9,13,17H,3-8,10-11H2,1-2H3. The molecule has 2 aliphatic carbocycles. The fourth-order valence-corrected chi connectivity index (χ4v) is 4.81. The van der Waals surface area contributed by atoms with Crippen molar-refractivity contribution in [3.05, 3.63) is 21.4 Å². The first kappa shape index (κ1) is 12.7. The van der Waals surface area contributed by atoms with Gasteiger partial charge in [0.2, 0.25) is 0 Å². The summed E-state index contributed by atoms with van der Waals surface area (Å²) in [7, 11) is 0. The lowest BCUT2D eigenvalue weighted by Gasteiger charge is -2.35. The van der Waals surface area contributed by atoms with E-state index in [-0.39, 0.29) is 0 Å². The molecule has 0 amide bonds. The summed E-state index contributed by atoms with van der Waals surface area (Å²) in [6.07, 6.45) is 9.54. The van der Waals surface area contributed by atoms with Gasteiger partial charge in [-0.15, -0.1) is 11.3 Å². The van der Waals surface area contributed by atoms with Gasteiger partial charge in [0.05, 0.1) is 0 Å². The minimum Gasteiger partial charge on any atom is -0.309 e. The van der Waals surface area contributed by atoms with Gasteiger partial charge >= 0.3 is 0 Å². The van der Waals surface area contributed by atoms with Crippen molar-refractivity contribution in [2.24, 2.45) is 5.41 Å². The Morgan fingerprint density at radius 2 is 2.22 bits per heavy atom. The summed E-state index contributed by atoms with van der Waals surface area (Å²) in [6.45, 7) is 5.93. The smallest absolute Gasteiger partial charge is 0.0302 e. The predicted octanol–water partition coefficient (Wildman–Crippen LogP) is 4.30. The van der Waals surface area contributed by atoms with E-state index >= 15 is 0 Å². The fourth-order valence-electron chi connectivity index (χ4n) is 3.60. The van der Waals surface area contributed by atoms with Crippen LogP contribution in [0, 0.1) is 5.41 Å². The largest absolute Gasteiger partial charge is 0.309 e. The predicted molar refractivity (Wildman–Crippen MR) is 79.2 cm³/mol. The molecule has 0 aliphatic heterocycles. The molecule has 0 saturated heterocycles. The van der Waals surface area contributed by atoms with E-state index in [0.29, 0.717) is 5.41 Å². The number of thiophene rings is 1. The highest BCUT2D eigenvalue weighted by Gasteiger charge is 2.27. The molecule has 1 saturated carbocycles. The Morgan fingerprint density at radius 3 is 3.00 bits per heavy atom. The monoisotopic (exact) mass is 263 g/mol. The van der Waals surface area contributed by atoms with Crippen molar-refractivity contribution in [1.29, 1.82) is 0 Å². The van der Waals surface area contributed by atoms with Crippen LogP contribution in [0.15, 0.2) is 6.07 Å². The molecule has 3 rings (SSSR count). The number of fused-ring (bicyclic) bond motifs is 1. The van der Waals surface area contributed by atoms with Crippen LogP contribution in [0.4, 0.5) is 0 Å². The minimum atomic E-state index is 0.549. The minimum absolute atomic E-state index is 0.549. The second-order valence-corrected chi connectivity index (χ2v) is 8.07. The van der Waals surface area contributed by atoms with Gasteiger partial charge in [-0.25, -0.2) is 0 Å². The molecule has 1 N–H and O–H groups in total. The molecular formula is C16H25NS. The van der Waals surface area contributed by atoms with Gasteiger partial charge in [0.25, 0.3) is 0 Å². The lowest BCUT2D eigenvalue weighted by molar-refractivity contribution is 0.198. The Bertz CT molecular complexity index is 397.